The number of aryl methyl sites for hydroxylation is 3. The van der Waals surface area contributed by atoms with Crippen LogP contribution in [0.4, 0.5) is 5.69 Å². The van der Waals surface area contributed by atoms with Gasteiger partial charge in [0.25, 0.3) is 5.91 Å². The first-order chi connectivity index (χ1) is 13.4. The van der Waals surface area contributed by atoms with Crippen LogP contribution >= 0.6 is 0 Å². The molecule has 0 N–H and O–H groups in total. The van der Waals surface area contributed by atoms with Crippen LogP contribution in [0.2, 0.25) is 0 Å². The summed E-state index contributed by atoms with van der Waals surface area (Å²) in [4.78, 5) is 28.5. The third-order valence-corrected chi connectivity index (χ3v) is 5.82. The topological polar surface area (TPSA) is 65.7 Å². The Labute approximate surface area is 166 Å². The molecule has 0 unspecified atom stereocenters. The van der Waals surface area contributed by atoms with E-state index in [2.05, 4.69) is 40.9 Å². The van der Waals surface area contributed by atoms with Crippen molar-refractivity contribution in [2.75, 3.05) is 51.2 Å². The number of oxazole rings is 1. The molecule has 2 aliphatic heterocycles. The van der Waals surface area contributed by atoms with E-state index in [1.54, 1.807) is 6.92 Å². The molecule has 2 saturated heterocycles. The maximum atomic E-state index is 12.8. The minimum atomic E-state index is -0.0625. The number of carbonyl (C=O) groups is 1. The number of amides is 1. The van der Waals surface area contributed by atoms with Crippen molar-refractivity contribution in [2.45, 2.75) is 33.1 Å². The molecule has 7 heteroatoms. The average molecular weight is 383 g/mol. The summed E-state index contributed by atoms with van der Waals surface area (Å²) >= 11 is 0. The van der Waals surface area contributed by atoms with Crippen LogP contribution in [0.5, 0.6) is 0 Å². The fraction of sp³-hybridized carbons (Fsp3) is 0.571. The first-order valence-electron chi connectivity index (χ1n) is 10.1. The number of likely N-dealkylation sites (N-methyl/N-ethyl adjacent to an activating group) is 1. The molecule has 0 aliphatic carbocycles. The Balaban J connectivity index is 1.49. The highest BCUT2D eigenvalue weighted by molar-refractivity contribution is 5.92. The highest BCUT2D eigenvalue weighted by Gasteiger charge is 2.32. The summed E-state index contributed by atoms with van der Waals surface area (Å²) < 4.78 is 5.53. The van der Waals surface area contributed by atoms with E-state index in [1.165, 1.54) is 5.69 Å². The van der Waals surface area contributed by atoms with Gasteiger partial charge in [0.1, 0.15) is 0 Å². The van der Waals surface area contributed by atoms with Crippen molar-refractivity contribution in [1.29, 1.82) is 0 Å². The zero-order chi connectivity index (χ0) is 19.8. The van der Waals surface area contributed by atoms with Gasteiger partial charge in [-0.05, 0) is 39.4 Å². The summed E-state index contributed by atoms with van der Waals surface area (Å²) in [6.45, 7) is 11.3. The van der Waals surface area contributed by atoms with Crippen LogP contribution in [0.1, 0.15) is 45.9 Å². The van der Waals surface area contributed by atoms with E-state index in [9.17, 15) is 4.79 Å². The normalized spacial score (nSPS) is 20.8. The van der Waals surface area contributed by atoms with E-state index in [1.807, 2.05) is 11.8 Å². The van der Waals surface area contributed by atoms with Gasteiger partial charge in [0.05, 0.1) is 5.69 Å². The molecule has 0 aromatic carbocycles. The Hall–Kier alpha value is -2.41. The second-order valence-electron chi connectivity index (χ2n) is 8.07. The van der Waals surface area contributed by atoms with E-state index in [0.29, 0.717) is 23.9 Å². The lowest BCUT2D eigenvalue weighted by Gasteiger charge is -2.34. The lowest BCUT2D eigenvalue weighted by molar-refractivity contribution is 0.0756. The average Bonchev–Trinajstić information content (AvgIpc) is 3.28. The zero-order valence-electron chi connectivity index (χ0n) is 17.2. The molecule has 1 atom stereocenters. The highest BCUT2D eigenvalue weighted by Crippen LogP contribution is 2.30. The van der Waals surface area contributed by atoms with Gasteiger partial charge in [-0.2, -0.15) is 0 Å². The first kappa shape index (κ1) is 18.9. The summed E-state index contributed by atoms with van der Waals surface area (Å²) in [5, 5.41) is 0. The molecule has 0 bridgehead atoms. The number of piperazine rings is 1. The molecule has 7 nitrogen and oxygen atoms in total. The lowest BCUT2D eigenvalue weighted by Crippen LogP contribution is -2.44. The smallest absolute Gasteiger partial charge is 0.291 e. The number of likely N-dealkylation sites (tertiary alicyclic amines) is 1. The van der Waals surface area contributed by atoms with Crippen LogP contribution in [-0.2, 0) is 0 Å². The van der Waals surface area contributed by atoms with Gasteiger partial charge in [0, 0.05) is 69.2 Å². The molecule has 2 aliphatic rings. The van der Waals surface area contributed by atoms with Gasteiger partial charge in [-0.25, -0.2) is 4.98 Å². The van der Waals surface area contributed by atoms with Crippen molar-refractivity contribution in [3.63, 3.8) is 0 Å². The van der Waals surface area contributed by atoms with E-state index < -0.39 is 0 Å². The Morgan fingerprint density at radius 3 is 2.50 bits per heavy atom. The zero-order valence-corrected chi connectivity index (χ0v) is 17.2. The highest BCUT2D eigenvalue weighted by atomic mass is 16.4. The molecule has 150 valence electrons. The van der Waals surface area contributed by atoms with Gasteiger partial charge in [-0.1, -0.05) is 0 Å². The van der Waals surface area contributed by atoms with Crippen molar-refractivity contribution in [2.24, 2.45) is 0 Å². The van der Waals surface area contributed by atoms with Crippen LogP contribution < -0.4 is 4.90 Å². The lowest BCUT2D eigenvalue weighted by atomic mass is 10.0. The summed E-state index contributed by atoms with van der Waals surface area (Å²) in [5.74, 6) is 1.11. The van der Waals surface area contributed by atoms with Crippen molar-refractivity contribution in [1.82, 2.24) is 19.8 Å². The number of aromatic nitrogens is 2. The maximum absolute atomic E-state index is 12.8. The Bertz CT molecular complexity index is 870. The number of anilines is 1. The van der Waals surface area contributed by atoms with Crippen molar-refractivity contribution < 1.29 is 9.21 Å². The molecule has 4 rings (SSSR count). The molecular formula is C21H29N5O2. The molecular weight excluding hydrogens is 354 g/mol. The monoisotopic (exact) mass is 383 g/mol. The minimum Gasteiger partial charge on any atom is -0.436 e. The molecule has 0 radical (unpaired) electrons. The summed E-state index contributed by atoms with van der Waals surface area (Å²) in [6, 6.07) is 4.40. The molecule has 4 heterocycles. The number of pyridine rings is 1. The summed E-state index contributed by atoms with van der Waals surface area (Å²) in [5.41, 5.74) is 4.05. The van der Waals surface area contributed by atoms with Crippen LogP contribution in [-0.4, -0.2) is 72.0 Å². The summed E-state index contributed by atoms with van der Waals surface area (Å²) in [6.07, 6.45) is 0.927. The van der Waals surface area contributed by atoms with Crippen LogP contribution in [0.25, 0.3) is 0 Å². The number of rotatable bonds is 3. The van der Waals surface area contributed by atoms with Crippen molar-refractivity contribution in [3.05, 3.63) is 40.9 Å². The standard InChI is InChI=1S/C21H29N5O2/c1-14-11-18(25-9-7-24(4)8-10-25)12-19(22-14)17-5-6-26(13-17)21(27)20-15(2)23-16(3)28-20/h11-12,17H,5-10,13H2,1-4H3/t17-/m1/s1. The molecule has 2 fully saturated rings. The number of nitrogens with zero attached hydrogens (tertiary/aromatic N) is 5. The third kappa shape index (κ3) is 3.76. The maximum Gasteiger partial charge on any atom is 0.291 e. The van der Waals surface area contributed by atoms with Gasteiger partial charge in [-0.15, -0.1) is 0 Å². The number of hydrogen-bond acceptors (Lipinski definition) is 6. The number of carbonyl (C=O) groups excluding carboxylic acids is 1. The Morgan fingerprint density at radius 1 is 1.07 bits per heavy atom. The van der Waals surface area contributed by atoms with Gasteiger partial charge >= 0.3 is 0 Å². The van der Waals surface area contributed by atoms with Gasteiger partial charge in [0.2, 0.25) is 5.76 Å². The Kier molecular flexibility index (Phi) is 5.10. The van der Waals surface area contributed by atoms with E-state index in [4.69, 9.17) is 9.40 Å². The fourth-order valence-corrected chi connectivity index (χ4v) is 4.19. The van der Waals surface area contributed by atoms with Gasteiger partial charge in [0.15, 0.2) is 5.89 Å². The molecule has 28 heavy (non-hydrogen) atoms. The first-order valence-corrected chi connectivity index (χ1v) is 10.1. The molecule has 0 saturated carbocycles. The quantitative estimate of drug-likeness (QED) is 0.811. The van der Waals surface area contributed by atoms with E-state index in [0.717, 1.165) is 50.5 Å². The second kappa shape index (κ2) is 7.54. The molecule has 2 aromatic rings. The minimum absolute atomic E-state index is 0.0625. The van der Waals surface area contributed by atoms with E-state index in [-0.39, 0.29) is 11.8 Å². The fourth-order valence-electron chi connectivity index (χ4n) is 4.19. The van der Waals surface area contributed by atoms with Crippen LogP contribution in [0.15, 0.2) is 16.5 Å². The second-order valence-corrected chi connectivity index (χ2v) is 8.07. The predicted octanol–water partition coefficient (Wildman–Crippen LogP) is 2.38. The van der Waals surface area contributed by atoms with Crippen molar-refractivity contribution >= 4 is 11.6 Å². The summed E-state index contributed by atoms with van der Waals surface area (Å²) in [7, 11) is 2.17. The number of hydrogen-bond donors (Lipinski definition) is 0. The van der Waals surface area contributed by atoms with Gasteiger partial charge < -0.3 is 19.1 Å². The SMILES string of the molecule is Cc1cc(N2CCN(C)CC2)cc([C@@H]2CCN(C(=O)c3oc(C)nc3C)C2)n1. The largest absolute Gasteiger partial charge is 0.436 e. The van der Waals surface area contributed by atoms with Crippen molar-refractivity contribution in [3.8, 4) is 0 Å². The van der Waals surface area contributed by atoms with Gasteiger partial charge in [-0.3, -0.25) is 9.78 Å². The van der Waals surface area contributed by atoms with E-state index >= 15 is 0 Å². The van der Waals surface area contributed by atoms with Crippen LogP contribution in [0.3, 0.4) is 0 Å². The predicted molar refractivity (Wildman–Crippen MR) is 108 cm³/mol. The third-order valence-electron chi connectivity index (χ3n) is 5.82. The molecule has 2 aromatic heterocycles. The molecule has 0 spiro atoms. The van der Waals surface area contributed by atoms with Crippen LogP contribution in [0, 0.1) is 20.8 Å². The Morgan fingerprint density at radius 2 is 1.82 bits per heavy atom. The molecule has 1 amide bonds.